The first-order valence-electron chi connectivity index (χ1n) is 5.20. The van der Waals surface area contributed by atoms with Crippen LogP contribution in [0.4, 0.5) is 0 Å². The zero-order chi connectivity index (χ0) is 10.6. The molecule has 4 heteroatoms. The van der Waals surface area contributed by atoms with Crippen molar-refractivity contribution in [2.75, 3.05) is 33.7 Å². The van der Waals surface area contributed by atoms with E-state index in [-0.39, 0.29) is 0 Å². The summed E-state index contributed by atoms with van der Waals surface area (Å²) in [5, 5.41) is 6.95. The number of hydrogen-bond donors (Lipinski definition) is 2. The minimum atomic E-state index is 0.410. The molecule has 82 valence electrons. The monoisotopic (exact) mass is 215 g/mol. The summed E-state index contributed by atoms with van der Waals surface area (Å²) in [6, 6.07) is 0. The molecule has 1 aliphatic heterocycles. The van der Waals surface area contributed by atoms with Crippen LogP contribution >= 0.6 is 12.2 Å². The van der Waals surface area contributed by atoms with E-state index in [0.29, 0.717) is 5.41 Å². The molecule has 1 saturated heterocycles. The van der Waals surface area contributed by atoms with E-state index < -0.39 is 0 Å². The van der Waals surface area contributed by atoms with Crippen LogP contribution in [-0.4, -0.2) is 43.7 Å². The molecule has 0 spiro atoms. The van der Waals surface area contributed by atoms with Gasteiger partial charge < -0.3 is 15.5 Å². The van der Waals surface area contributed by atoms with Crippen molar-refractivity contribution in [1.29, 1.82) is 0 Å². The Hall–Kier alpha value is -0.350. The Bertz CT molecular complexity index is 198. The van der Waals surface area contributed by atoms with Gasteiger partial charge in [0.25, 0.3) is 0 Å². The smallest absolute Gasteiger partial charge is 0.166 e. The van der Waals surface area contributed by atoms with Crippen molar-refractivity contribution in [3.05, 3.63) is 0 Å². The van der Waals surface area contributed by atoms with E-state index in [4.69, 9.17) is 12.2 Å². The van der Waals surface area contributed by atoms with Crippen LogP contribution in [0, 0.1) is 5.41 Å². The van der Waals surface area contributed by atoms with Gasteiger partial charge in [-0.05, 0) is 50.6 Å². The van der Waals surface area contributed by atoms with Gasteiger partial charge in [-0.15, -0.1) is 0 Å². The van der Waals surface area contributed by atoms with Crippen LogP contribution < -0.4 is 10.6 Å². The van der Waals surface area contributed by atoms with Crippen molar-refractivity contribution in [2.45, 2.75) is 19.8 Å². The van der Waals surface area contributed by atoms with Gasteiger partial charge in [-0.25, -0.2) is 0 Å². The molecule has 3 nitrogen and oxygen atoms in total. The third-order valence-electron chi connectivity index (χ3n) is 3.10. The number of nitrogens with one attached hydrogen (secondary N) is 2. The third-order valence-corrected chi connectivity index (χ3v) is 3.45. The molecule has 0 aliphatic carbocycles. The SMILES string of the molecule is CNC(=S)NCC1(C)CCN(C)CC1. The third kappa shape index (κ3) is 3.42. The molecule has 0 unspecified atom stereocenters. The van der Waals surface area contributed by atoms with Crippen LogP contribution in [0.15, 0.2) is 0 Å². The van der Waals surface area contributed by atoms with Crippen molar-refractivity contribution in [3.63, 3.8) is 0 Å². The molecule has 0 aromatic heterocycles. The van der Waals surface area contributed by atoms with Gasteiger partial charge in [0, 0.05) is 13.6 Å². The van der Waals surface area contributed by atoms with E-state index in [1.54, 1.807) is 0 Å². The zero-order valence-electron chi connectivity index (χ0n) is 9.39. The van der Waals surface area contributed by atoms with Crippen LogP contribution in [0.3, 0.4) is 0 Å². The average molecular weight is 215 g/mol. The molecular weight excluding hydrogens is 194 g/mol. The van der Waals surface area contributed by atoms with Crippen LogP contribution in [0.1, 0.15) is 19.8 Å². The first-order valence-corrected chi connectivity index (χ1v) is 5.61. The zero-order valence-corrected chi connectivity index (χ0v) is 10.2. The summed E-state index contributed by atoms with van der Waals surface area (Å²) in [4.78, 5) is 2.39. The highest BCUT2D eigenvalue weighted by Gasteiger charge is 2.28. The fourth-order valence-corrected chi connectivity index (χ4v) is 1.79. The average Bonchev–Trinajstić information content (AvgIpc) is 2.20. The lowest BCUT2D eigenvalue weighted by Crippen LogP contribution is -2.45. The van der Waals surface area contributed by atoms with Crippen molar-refractivity contribution in [3.8, 4) is 0 Å². The first kappa shape index (κ1) is 11.7. The van der Waals surface area contributed by atoms with Crippen molar-refractivity contribution < 1.29 is 0 Å². The van der Waals surface area contributed by atoms with Gasteiger partial charge in [0.1, 0.15) is 0 Å². The Morgan fingerprint density at radius 1 is 1.43 bits per heavy atom. The second-order valence-corrected chi connectivity index (χ2v) is 4.95. The predicted molar refractivity (Wildman–Crippen MR) is 64.5 cm³/mol. The summed E-state index contributed by atoms with van der Waals surface area (Å²) in [6.07, 6.45) is 2.51. The molecule has 14 heavy (non-hydrogen) atoms. The van der Waals surface area contributed by atoms with Crippen molar-refractivity contribution >= 4 is 17.3 Å². The van der Waals surface area contributed by atoms with E-state index in [0.717, 1.165) is 11.7 Å². The number of piperidine rings is 1. The highest BCUT2D eigenvalue weighted by atomic mass is 32.1. The summed E-state index contributed by atoms with van der Waals surface area (Å²) < 4.78 is 0. The highest BCUT2D eigenvalue weighted by molar-refractivity contribution is 7.80. The second kappa shape index (κ2) is 4.94. The van der Waals surface area contributed by atoms with Crippen LogP contribution in [0.5, 0.6) is 0 Å². The lowest BCUT2D eigenvalue weighted by atomic mass is 9.80. The topological polar surface area (TPSA) is 27.3 Å². The van der Waals surface area contributed by atoms with Crippen LogP contribution in [-0.2, 0) is 0 Å². The number of hydrogen-bond acceptors (Lipinski definition) is 2. The molecule has 0 bridgehead atoms. The maximum absolute atomic E-state index is 5.06. The molecule has 0 amide bonds. The Balaban J connectivity index is 2.31. The Kier molecular flexibility index (Phi) is 4.13. The highest BCUT2D eigenvalue weighted by Crippen LogP contribution is 2.29. The van der Waals surface area contributed by atoms with E-state index in [2.05, 4.69) is 29.5 Å². The number of nitrogens with zero attached hydrogens (tertiary/aromatic N) is 1. The number of likely N-dealkylation sites (tertiary alicyclic amines) is 1. The molecule has 1 aliphatic rings. The minimum Gasteiger partial charge on any atom is -0.366 e. The molecule has 1 fully saturated rings. The Labute approximate surface area is 92.2 Å². The van der Waals surface area contributed by atoms with E-state index >= 15 is 0 Å². The maximum Gasteiger partial charge on any atom is 0.166 e. The van der Waals surface area contributed by atoms with Gasteiger partial charge >= 0.3 is 0 Å². The molecule has 2 N–H and O–H groups in total. The fraction of sp³-hybridized carbons (Fsp3) is 0.900. The Morgan fingerprint density at radius 2 is 2.00 bits per heavy atom. The lowest BCUT2D eigenvalue weighted by Gasteiger charge is -2.38. The second-order valence-electron chi connectivity index (χ2n) is 4.55. The van der Waals surface area contributed by atoms with Crippen molar-refractivity contribution in [2.24, 2.45) is 5.41 Å². The maximum atomic E-state index is 5.06. The molecule has 0 radical (unpaired) electrons. The summed E-state index contributed by atoms with van der Waals surface area (Å²) in [5.74, 6) is 0. The molecule has 0 aromatic carbocycles. The number of thiocarbonyl (C=S) groups is 1. The fourth-order valence-electron chi connectivity index (χ4n) is 1.72. The van der Waals surface area contributed by atoms with E-state index in [9.17, 15) is 0 Å². The van der Waals surface area contributed by atoms with E-state index in [1.807, 2.05) is 7.05 Å². The predicted octanol–water partition coefficient (Wildman–Crippen LogP) is 0.812. The lowest BCUT2D eigenvalue weighted by molar-refractivity contribution is 0.142. The molecule has 1 rings (SSSR count). The summed E-state index contributed by atoms with van der Waals surface area (Å²) in [6.45, 7) is 5.72. The standard InChI is InChI=1S/C10H21N3S/c1-10(8-12-9(14)11-2)4-6-13(3)7-5-10/h4-8H2,1-3H3,(H2,11,12,14). The Morgan fingerprint density at radius 3 is 2.50 bits per heavy atom. The van der Waals surface area contributed by atoms with Gasteiger partial charge in [0.2, 0.25) is 0 Å². The molecule has 0 atom stereocenters. The normalized spacial score (nSPS) is 21.6. The van der Waals surface area contributed by atoms with Crippen LogP contribution in [0.25, 0.3) is 0 Å². The van der Waals surface area contributed by atoms with Gasteiger partial charge in [-0.3, -0.25) is 0 Å². The largest absolute Gasteiger partial charge is 0.366 e. The van der Waals surface area contributed by atoms with Crippen LogP contribution in [0.2, 0.25) is 0 Å². The molecule has 0 saturated carbocycles. The summed E-state index contributed by atoms with van der Waals surface area (Å²) in [7, 11) is 4.04. The first-order chi connectivity index (χ1) is 6.56. The quantitative estimate of drug-likeness (QED) is 0.667. The summed E-state index contributed by atoms with van der Waals surface area (Å²) in [5.41, 5.74) is 0.410. The van der Waals surface area contributed by atoms with Gasteiger partial charge in [0.05, 0.1) is 0 Å². The molecule has 1 heterocycles. The minimum absolute atomic E-state index is 0.410. The van der Waals surface area contributed by atoms with Crippen molar-refractivity contribution in [1.82, 2.24) is 15.5 Å². The van der Waals surface area contributed by atoms with Gasteiger partial charge in [0.15, 0.2) is 5.11 Å². The van der Waals surface area contributed by atoms with Gasteiger partial charge in [-0.2, -0.15) is 0 Å². The van der Waals surface area contributed by atoms with Gasteiger partial charge in [-0.1, -0.05) is 6.92 Å². The molecular formula is C10H21N3S. The summed E-state index contributed by atoms with van der Waals surface area (Å²) >= 11 is 5.06. The molecule has 0 aromatic rings. The van der Waals surface area contributed by atoms with E-state index in [1.165, 1.54) is 25.9 Å². The number of rotatable bonds is 2.